The first-order valence-electron chi connectivity index (χ1n) is 8.46. The van der Waals surface area contributed by atoms with Crippen molar-refractivity contribution in [3.8, 4) is 5.88 Å². The molecule has 0 bridgehead atoms. The van der Waals surface area contributed by atoms with Crippen LogP contribution in [0.25, 0.3) is 6.08 Å². The summed E-state index contributed by atoms with van der Waals surface area (Å²) in [4.78, 5) is 4.58. The SMILES string of the molecule is Cn1c(NC2CCCCC2)nc(C=c2ccc3c(c2)C=NN=3)c1O. The smallest absolute Gasteiger partial charge is 0.220 e. The molecule has 0 saturated heterocycles. The average Bonchev–Trinajstić information content (AvgIpc) is 3.16. The van der Waals surface area contributed by atoms with Crippen LogP contribution in [0.2, 0.25) is 0 Å². The van der Waals surface area contributed by atoms with E-state index >= 15 is 0 Å². The molecule has 1 fully saturated rings. The second-order valence-electron chi connectivity index (χ2n) is 6.49. The van der Waals surface area contributed by atoms with Crippen LogP contribution in [0.4, 0.5) is 5.95 Å². The van der Waals surface area contributed by atoms with Crippen LogP contribution in [0.5, 0.6) is 5.88 Å². The van der Waals surface area contributed by atoms with Crippen molar-refractivity contribution in [1.29, 1.82) is 0 Å². The zero-order valence-electron chi connectivity index (χ0n) is 13.7. The van der Waals surface area contributed by atoms with Crippen LogP contribution in [-0.4, -0.2) is 26.9 Å². The Morgan fingerprint density at radius 3 is 2.92 bits per heavy atom. The van der Waals surface area contributed by atoms with Gasteiger partial charge in [0.1, 0.15) is 5.69 Å². The number of imidazole rings is 1. The van der Waals surface area contributed by atoms with Crippen molar-refractivity contribution in [2.45, 2.75) is 38.1 Å². The number of fused-ring (bicyclic) bond motifs is 1. The molecule has 0 amide bonds. The minimum absolute atomic E-state index is 0.173. The van der Waals surface area contributed by atoms with Gasteiger partial charge in [-0.2, -0.15) is 10.2 Å². The predicted molar refractivity (Wildman–Crippen MR) is 93.8 cm³/mol. The highest BCUT2D eigenvalue weighted by Crippen LogP contribution is 2.25. The molecule has 0 radical (unpaired) electrons. The third-order valence-corrected chi connectivity index (χ3v) is 4.75. The summed E-state index contributed by atoms with van der Waals surface area (Å²) in [6.07, 6.45) is 9.79. The number of hydrogen-bond acceptors (Lipinski definition) is 5. The van der Waals surface area contributed by atoms with E-state index in [1.54, 1.807) is 10.8 Å². The zero-order chi connectivity index (χ0) is 16.5. The number of anilines is 1. The first kappa shape index (κ1) is 14.9. The van der Waals surface area contributed by atoms with Crippen molar-refractivity contribution in [1.82, 2.24) is 9.55 Å². The normalized spacial score (nSPS) is 17.8. The maximum Gasteiger partial charge on any atom is 0.220 e. The lowest BCUT2D eigenvalue weighted by atomic mass is 9.96. The average molecular weight is 323 g/mol. The Balaban J connectivity index is 1.64. The first-order valence-corrected chi connectivity index (χ1v) is 8.46. The molecule has 1 aromatic carbocycles. The van der Waals surface area contributed by atoms with Gasteiger partial charge in [0.2, 0.25) is 11.8 Å². The molecule has 2 heterocycles. The molecule has 2 aliphatic rings. The lowest BCUT2D eigenvalue weighted by Gasteiger charge is -2.23. The van der Waals surface area contributed by atoms with E-state index in [2.05, 4.69) is 20.5 Å². The number of benzene rings is 1. The number of aromatic hydroxyl groups is 1. The molecular weight excluding hydrogens is 302 g/mol. The van der Waals surface area contributed by atoms with Crippen LogP contribution in [0.3, 0.4) is 0 Å². The van der Waals surface area contributed by atoms with E-state index in [1.165, 1.54) is 32.1 Å². The predicted octanol–water partition coefficient (Wildman–Crippen LogP) is 1.67. The third kappa shape index (κ3) is 2.79. The minimum atomic E-state index is 0.173. The Kier molecular flexibility index (Phi) is 3.80. The molecule has 0 atom stereocenters. The van der Waals surface area contributed by atoms with E-state index in [4.69, 9.17) is 0 Å². The van der Waals surface area contributed by atoms with Gasteiger partial charge in [-0.3, -0.25) is 4.57 Å². The lowest BCUT2D eigenvalue weighted by Crippen LogP contribution is -2.23. The van der Waals surface area contributed by atoms with E-state index in [1.807, 2.05) is 31.3 Å². The van der Waals surface area contributed by atoms with Gasteiger partial charge in [0.15, 0.2) is 0 Å². The number of nitrogens with one attached hydrogen (secondary N) is 1. The van der Waals surface area contributed by atoms with Gasteiger partial charge in [0.25, 0.3) is 0 Å². The second kappa shape index (κ2) is 6.11. The van der Waals surface area contributed by atoms with Gasteiger partial charge in [-0.05, 0) is 36.3 Å². The molecule has 1 aliphatic heterocycles. The number of nitrogens with zero attached hydrogens (tertiary/aromatic N) is 4. The van der Waals surface area contributed by atoms with Crippen LogP contribution in [0.15, 0.2) is 28.4 Å². The highest BCUT2D eigenvalue weighted by atomic mass is 16.3. The molecule has 6 nitrogen and oxygen atoms in total. The molecule has 6 heteroatoms. The molecule has 4 rings (SSSR count). The summed E-state index contributed by atoms with van der Waals surface area (Å²) in [6.45, 7) is 0. The molecule has 1 aliphatic carbocycles. The summed E-state index contributed by atoms with van der Waals surface area (Å²) < 4.78 is 1.71. The zero-order valence-corrected chi connectivity index (χ0v) is 13.7. The third-order valence-electron chi connectivity index (χ3n) is 4.75. The van der Waals surface area contributed by atoms with Crippen LogP contribution in [-0.2, 0) is 7.05 Å². The molecule has 0 spiro atoms. The van der Waals surface area contributed by atoms with Crippen molar-refractivity contribution in [2.24, 2.45) is 17.3 Å². The van der Waals surface area contributed by atoms with Crippen LogP contribution >= 0.6 is 0 Å². The fraction of sp³-hybridized carbons (Fsp3) is 0.389. The standard InChI is InChI=1S/C18H21N5O/c1-23-17(24)16(21-18(23)20-14-5-3-2-4-6-14)10-12-7-8-15-13(9-12)11-19-22-15/h7-11,14,24H,2-6H2,1H3,(H,20,21). The molecule has 1 aromatic heterocycles. The number of hydrogen-bond donors (Lipinski definition) is 2. The largest absolute Gasteiger partial charge is 0.493 e. The first-order chi connectivity index (χ1) is 11.7. The van der Waals surface area contributed by atoms with E-state index in [0.717, 1.165) is 22.1 Å². The Bertz CT molecular complexity index is 906. The van der Waals surface area contributed by atoms with Crippen molar-refractivity contribution in [2.75, 3.05) is 5.32 Å². The highest BCUT2D eigenvalue weighted by Gasteiger charge is 2.18. The van der Waals surface area contributed by atoms with E-state index in [0.29, 0.717) is 11.7 Å². The molecular formula is C18H21N5O. The quantitative estimate of drug-likeness (QED) is 0.902. The molecule has 1 saturated carbocycles. The van der Waals surface area contributed by atoms with Gasteiger partial charge >= 0.3 is 0 Å². The van der Waals surface area contributed by atoms with Crippen molar-refractivity contribution in [3.05, 3.63) is 40.0 Å². The Morgan fingerprint density at radius 1 is 1.25 bits per heavy atom. The monoisotopic (exact) mass is 323 g/mol. The van der Waals surface area contributed by atoms with Crippen molar-refractivity contribution < 1.29 is 5.11 Å². The number of rotatable bonds is 3. The summed E-state index contributed by atoms with van der Waals surface area (Å²) in [6, 6.07) is 6.33. The molecule has 2 aromatic rings. The summed E-state index contributed by atoms with van der Waals surface area (Å²) in [7, 11) is 1.83. The maximum absolute atomic E-state index is 10.4. The van der Waals surface area contributed by atoms with E-state index in [-0.39, 0.29) is 5.88 Å². The minimum Gasteiger partial charge on any atom is -0.493 e. The fourth-order valence-corrected chi connectivity index (χ4v) is 3.34. The number of aromatic nitrogens is 2. The summed E-state index contributed by atoms with van der Waals surface area (Å²) >= 11 is 0. The van der Waals surface area contributed by atoms with E-state index in [9.17, 15) is 5.11 Å². The lowest BCUT2D eigenvalue weighted by molar-refractivity contribution is 0.428. The highest BCUT2D eigenvalue weighted by molar-refractivity contribution is 5.80. The van der Waals surface area contributed by atoms with Gasteiger partial charge in [-0.1, -0.05) is 25.3 Å². The van der Waals surface area contributed by atoms with Crippen molar-refractivity contribution >= 4 is 18.2 Å². The summed E-state index contributed by atoms with van der Waals surface area (Å²) in [5, 5.41) is 23.6. The van der Waals surface area contributed by atoms with Crippen LogP contribution in [0, 0.1) is 0 Å². The van der Waals surface area contributed by atoms with Gasteiger partial charge in [0.05, 0.1) is 11.6 Å². The Morgan fingerprint density at radius 2 is 2.08 bits per heavy atom. The molecule has 24 heavy (non-hydrogen) atoms. The molecule has 2 N–H and O–H groups in total. The maximum atomic E-state index is 10.4. The fourth-order valence-electron chi connectivity index (χ4n) is 3.34. The summed E-state index contributed by atoms with van der Waals surface area (Å²) in [5.41, 5.74) is 1.56. The Hall–Kier alpha value is -2.63. The van der Waals surface area contributed by atoms with Gasteiger partial charge in [-0.25, -0.2) is 4.98 Å². The Labute approximate surface area is 140 Å². The van der Waals surface area contributed by atoms with Gasteiger partial charge < -0.3 is 10.4 Å². The van der Waals surface area contributed by atoms with Crippen LogP contribution in [0.1, 0.15) is 43.4 Å². The van der Waals surface area contributed by atoms with Crippen LogP contribution < -0.4 is 15.9 Å². The molecule has 124 valence electrons. The van der Waals surface area contributed by atoms with Crippen molar-refractivity contribution in [3.63, 3.8) is 0 Å². The topological polar surface area (TPSA) is 74.8 Å². The van der Waals surface area contributed by atoms with Gasteiger partial charge in [0, 0.05) is 18.7 Å². The van der Waals surface area contributed by atoms with Gasteiger partial charge in [-0.15, -0.1) is 0 Å². The van der Waals surface area contributed by atoms with E-state index < -0.39 is 0 Å². The second-order valence-corrected chi connectivity index (χ2v) is 6.49. The summed E-state index contributed by atoms with van der Waals surface area (Å²) in [5.74, 6) is 0.899. The molecule has 0 unspecified atom stereocenters.